The highest BCUT2D eigenvalue weighted by Crippen LogP contribution is 2.18. The highest BCUT2D eigenvalue weighted by atomic mass is 32.2. The largest absolute Gasteiger partial charge is 0.497 e. The number of benzene rings is 1. The molecule has 1 fully saturated rings. The summed E-state index contributed by atoms with van der Waals surface area (Å²) in [7, 11) is 0.0336. The van der Waals surface area contributed by atoms with E-state index in [2.05, 4.69) is 5.32 Å². The first-order valence-electron chi connectivity index (χ1n) is 6.33. The minimum Gasteiger partial charge on any atom is -0.497 e. The molecule has 1 unspecified atom stereocenters. The molecular formula is C13H20N2O3S. The SMILES string of the molecule is COc1ccc(CN(C)S(=O)(=O)C2CCNC2)cc1. The van der Waals surface area contributed by atoms with Gasteiger partial charge in [0.05, 0.1) is 12.4 Å². The Morgan fingerprint density at radius 1 is 1.37 bits per heavy atom. The third-order valence-corrected chi connectivity index (χ3v) is 5.68. The average molecular weight is 284 g/mol. The van der Waals surface area contributed by atoms with E-state index in [4.69, 9.17) is 4.74 Å². The Morgan fingerprint density at radius 2 is 2.05 bits per heavy atom. The summed E-state index contributed by atoms with van der Waals surface area (Å²) in [6.07, 6.45) is 0.690. The van der Waals surface area contributed by atoms with Crippen LogP contribution in [0.25, 0.3) is 0 Å². The van der Waals surface area contributed by atoms with Crippen LogP contribution < -0.4 is 10.1 Å². The van der Waals surface area contributed by atoms with Crippen LogP contribution in [0.3, 0.4) is 0 Å². The number of methoxy groups -OCH3 is 1. The molecule has 0 aromatic heterocycles. The van der Waals surface area contributed by atoms with Gasteiger partial charge in [0, 0.05) is 20.1 Å². The lowest BCUT2D eigenvalue weighted by atomic mass is 10.2. The maximum atomic E-state index is 12.3. The van der Waals surface area contributed by atoms with Gasteiger partial charge >= 0.3 is 0 Å². The fourth-order valence-electron chi connectivity index (χ4n) is 2.21. The molecule has 1 heterocycles. The molecule has 6 heteroatoms. The molecule has 1 N–H and O–H groups in total. The summed E-state index contributed by atoms with van der Waals surface area (Å²) in [4.78, 5) is 0. The van der Waals surface area contributed by atoms with Gasteiger partial charge in [0.25, 0.3) is 0 Å². The molecule has 0 spiro atoms. The summed E-state index contributed by atoms with van der Waals surface area (Å²) < 4.78 is 31.2. The number of hydrogen-bond acceptors (Lipinski definition) is 4. The van der Waals surface area contributed by atoms with Gasteiger partial charge in [0.1, 0.15) is 5.75 Å². The monoisotopic (exact) mass is 284 g/mol. The molecule has 106 valence electrons. The number of ether oxygens (including phenoxy) is 1. The van der Waals surface area contributed by atoms with Crippen LogP contribution in [0.5, 0.6) is 5.75 Å². The van der Waals surface area contributed by atoms with E-state index < -0.39 is 10.0 Å². The molecule has 0 radical (unpaired) electrons. The van der Waals surface area contributed by atoms with E-state index >= 15 is 0 Å². The number of nitrogens with one attached hydrogen (secondary N) is 1. The fraction of sp³-hybridized carbons (Fsp3) is 0.538. The summed E-state index contributed by atoms with van der Waals surface area (Å²) in [5.41, 5.74) is 0.956. The van der Waals surface area contributed by atoms with E-state index in [0.29, 0.717) is 19.5 Å². The molecule has 5 nitrogen and oxygen atoms in total. The van der Waals surface area contributed by atoms with Crippen LogP contribution in [0.4, 0.5) is 0 Å². The number of hydrogen-bond donors (Lipinski definition) is 1. The first-order valence-corrected chi connectivity index (χ1v) is 7.83. The number of sulfonamides is 1. The normalized spacial score (nSPS) is 19.8. The van der Waals surface area contributed by atoms with Crippen molar-refractivity contribution in [2.75, 3.05) is 27.2 Å². The smallest absolute Gasteiger partial charge is 0.218 e. The van der Waals surface area contributed by atoms with Crippen molar-refractivity contribution in [3.63, 3.8) is 0 Å². The van der Waals surface area contributed by atoms with E-state index in [0.717, 1.165) is 17.9 Å². The summed E-state index contributed by atoms with van der Waals surface area (Å²) in [6, 6.07) is 7.45. The minimum absolute atomic E-state index is 0.296. The van der Waals surface area contributed by atoms with Crippen LogP contribution in [0.15, 0.2) is 24.3 Å². The molecule has 1 aliphatic heterocycles. The van der Waals surface area contributed by atoms with Crippen molar-refractivity contribution < 1.29 is 13.2 Å². The van der Waals surface area contributed by atoms with Crippen molar-refractivity contribution in [3.05, 3.63) is 29.8 Å². The minimum atomic E-state index is -3.21. The molecule has 19 heavy (non-hydrogen) atoms. The molecule has 2 rings (SSSR count). The molecule has 1 aliphatic rings. The highest BCUT2D eigenvalue weighted by Gasteiger charge is 2.31. The standard InChI is InChI=1S/C13H20N2O3S/c1-15(19(16,17)13-7-8-14-9-13)10-11-3-5-12(18-2)6-4-11/h3-6,13-14H,7-10H2,1-2H3. The van der Waals surface area contributed by atoms with E-state index in [-0.39, 0.29) is 5.25 Å². The molecule has 0 amide bonds. The van der Waals surface area contributed by atoms with Crippen LogP contribution in [-0.4, -0.2) is 45.2 Å². The Hall–Kier alpha value is -1.11. The first-order chi connectivity index (χ1) is 9.04. The third kappa shape index (κ3) is 3.26. The summed E-state index contributed by atoms with van der Waals surface area (Å²) in [5.74, 6) is 0.772. The van der Waals surface area contributed by atoms with Gasteiger partial charge in [-0.2, -0.15) is 0 Å². The van der Waals surface area contributed by atoms with E-state index in [1.807, 2.05) is 24.3 Å². The van der Waals surface area contributed by atoms with Gasteiger partial charge in [0.2, 0.25) is 10.0 Å². The fourth-order valence-corrected chi connectivity index (χ4v) is 3.80. The molecule has 0 saturated carbocycles. The van der Waals surface area contributed by atoms with Crippen LogP contribution in [-0.2, 0) is 16.6 Å². The second kappa shape index (κ2) is 5.90. The zero-order valence-electron chi connectivity index (χ0n) is 11.3. The predicted molar refractivity (Wildman–Crippen MR) is 74.7 cm³/mol. The van der Waals surface area contributed by atoms with Gasteiger partial charge in [-0.25, -0.2) is 12.7 Å². The lowest BCUT2D eigenvalue weighted by Gasteiger charge is -2.21. The second-order valence-electron chi connectivity index (χ2n) is 4.76. The summed E-state index contributed by atoms with van der Waals surface area (Å²) >= 11 is 0. The topological polar surface area (TPSA) is 58.6 Å². The Kier molecular flexibility index (Phi) is 4.44. The van der Waals surface area contributed by atoms with E-state index in [9.17, 15) is 8.42 Å². The van der Waals surface area contributed by atoms with Crippen molar-refractivity contribution in [1.29, 1.82) is 0 Å². The van der Waals surface area contributed by atoms with Gasteiger partial charge in [-0.05, 0) is 30.7 Å². The maximum Gasteiger partial charge on any atom is 0.218 e. The zero-order valence-corrected chi connectivity index (χ0v) is 12.1. The first kappa shape index (κ1) is 14.3. The number of rotatable bonds is 5. The van der Waals surface area contributed by atoms with E-state index in [1.165, 1.54) is 4.31 Å². The molecule has 0 bridgehead atoms. The van der Waals surface area contributed by atoms with Gasteiger partial charge in [-0.3, -0.25) is 0 Å². The van der Waals surface area contributed by atoms with Crippen molar-refractivity contribution >= 4 is 10.0 Å². The molecular weight excluding hydrogens is 264 g/mol. The molecule has 1 aromatic carbocycles. The molecule has 1 atom stereocenters. The van der Waals surface area contributed by atoms with E-state index in [1.54, 1.807) is 14.2 Å². The highest BCUT2D eigenvalue weighted by molar-refractivity contribution is 7.89. The lowest BCUT2D eigenvalue weighted by molar-refractivity contribution is 0.414. The second-order valence-corrected chi connectivity index (χ2v) is 7.08. The molecule has 0 aliphatic carbocycles. The molecule has 1 aromatic rings. The summed E-state index contributed by atoms with van der Waals surface area (Å²) in [5, 5.41) is 2.79. The Bertz CT molecular complexity index is 507. The van der Waals surface area contributed by atoms with Gasteiger partial charge in [0.15, 0.2) is 0 Å². The van der Waals surface area contributed by atoms with Gasteiger partial charge in [-0.1, -0.05) is 12.1 Å². The Balaban J connectivity index is 2.04. The van der Waals surface area contributed by atoms with Crippen molar-refractivity contribution in [3.8, 4) is 5.75 Å². The number of nitrogens with zero attached hydrogens (tertiary/aromatic N) is 1. The Morgan fingerprint density at radius 3 is 2.58 bits per heavy atom. The van der Waals surface area contributed by atoms with Crippen LogP contribution in [0.2, 0.25) is 0 Å². The van der Waals surface area contributed by atoms with Crippen molar-refractivity contribution in [1.82, 2.24) is 9.62 Å². The molecule has 1 saturated heterocycles. The van der Waals surface area contributed by atoms with Gasteiger partial charge < -0.3 is 10.1 Å². The van der Waals surface area contributed by atoms with Gasteiger partial charge in [-0.15, -0.1) is 0 Å². The quantitative estimate of drug-likeness (QED) is 0.869. The predicted octanol–water partition coefficient (Wildman–Crippen LogP) is 0.819. The average Bonchev–Trinajstić information content (AvgIpc) is 2.94. The van der Waals surface area contributed by atoms with Crippen LogP contribution in [0, 0.1) is 0 Å². The van der Waals surface area contributed by atoms with Crippen molar-refractivity contribution in [2.45, 2.75) is 18.2 Å². The third-order valence-electron chi connectivity index (χ3n) is 3.44. The van der Waals surface area contributed by atoms with Crippen LogP contribution >= 0.6 is 0 Å². The summed E-state index contributed by atoms with van der Waals surface area (Å²) in [6.45, 7) is 1.72. The Labute approximate surface area is 114 Å². The van der Waals surface area contributed by atoms with Crippen molar-refractivity contribution in [2.24, 2.45) is 0 Å². The maximum absolute atomic E-state index is 12.3. The zero-order chi connectivity index (χ0) is 13.9. The van der Waals surface area contributed by atoms with Crippen LogP contribution in [0.1, 0.15) is 12.0 Å². The lowest BCUT2D eigenvalue weighted by Crippen LogP contribution is -2.36.